The zero-order valence-electron chi connectivity index (χ0n) is 56.1. The average molecular weight is 1270 g/mol. The van der Waals surface area contributed by atoms with Gasteiger partial charge in [-0.15, -0.1) is 0 Å². The highest BCUT2D eigenvalue weighted by Crippen LogP contribution is 2.59. The fourth-order valence-electron chi connectivity index (χ4n) is 15.0. The molecule has 12 aromatic carbocycles. The van der Waals surface area contributed by atoms with E-state index in [-0.39, 0.29) is 21.7 Å². The number of rotatable bonds is 8. The minimum absolute atomic E-state index is 0.162. The summed E-state index contributed by atoms with van der Waals surface area (Å²) in [6.45, 7) is 19.0. The third-order valence-electron chi connectivity index (χ3n) is 21.8. The first-order chi connectivity index (χ1) is 47.6. The molecule has 0 saturated carbocycles. The van der Waals surface area contributed by atoms with Gasteiger partial charge in [-0.3, -0.25) is 0 Å². The Bertz CT molecular complexity index is 5680. The van der Waals surface area contributed by atoms with Gasteiger partial charge in [0.05, 0.1) is 0 Å². The number of fused-ring (bicyclic) bond motifs is 14. The van der Waals surface area contributed by atoms with Crippen LogP contribution in [0.1, 0.15) is 77.6 Å². The zero-order valence-corrected chi connectivity index (χ0v) is 56.1. The molecule has 2 aliphatic rings. The molecule has 98 heavy (non-hydrogen) atoms. The second kappa shape index (κ2) is 23.0. The summed E-state index contributed by atoms with van der Waals surface area (Å²) in [6.07, 6.45) is 0. The Morgan fingerprint density at radius 2 is 0.500 bits per heavy atom. The molecule has 0 saturated heterocycles. The van der Waals surface area contributed by atoms with Crippen molar-refractivity contribution in [1.29, 1.82) is 0 Å². The Morgan fingerprint density at radius 1 is 0.214 bits per heavy atom. The van der Waals surface area contributed by atoms with Gasteiger partial charge in [0, 0.05) is 76.9 Å². The maximum Gasteiger partial charge on any atom is 0.164 e. The molecule has 0 atom stereocenters. The van der Waals surface area contributed by atoms with Gasteiger partial charge in [0.2, 0.25) is 0 Å². The molecule has 0 amide bonds. The molecule has 0 aliphatic heterocycles. The van der Waals surface area contributed by atoms with E-state index in [0.29, 0.717) is 34.9 Å². The molecule has 16 aromatic rings. The summed E-state index contributed by atoms with van der Waals surface area (Å²) in [5.41, 5.74) is 23.8. The zero-order chi connectivity index (χ0) is 66.7. The van der Waals surface area contributed by atoms with Crippen LogP contribution in [0.3, 0.4) is 0 Å². The maximum atomic E-state index is 6.60. The van der Waals surface area contributed by atoms with Crippen molar-refractivity contribution in [2.24, 2.45) is 0 Å². The van der Waals surface area contributed by atoms with Gasteiger partial charge in [-0.2, -0.15) is 0 Å². The predicted molar refractivity (Wildman–Crippen MR) is 401 cm³/mol. The van der Waals surface area contributed by atoms with Gasteiger partial charge in [0.25, 0.3) is 0 Å². The normalized spacial score (nSPS) is 14.4. The Morgan fingerprint density at radius 3 is 0.898 bits per heavy atom. The average Bonchev–Trinajstić information content (AvgIpc) is 1.21. The van der Waals surface area contributed by atoms with Crippen molar-refractivity contribution in [3.8, 4) is 113 Å². The van der Waals surface area contributed by atoms with E-state index in [0.717, 1.165) is 66.8 Å². The summed E-state index contributed by atoms with van der Waals surface area (Å²) < 4.78 is 13.2. The number of furan rings is 2. The maximum absolute atomic E-state index is 6.60. The SMILES string of the molecule is CC1(C)c2cc(-c3ccc(-c4nc(-c5ccccc5)nc(-c5ccccc5)n4)cc3)ccc2-c2ccc3c(oc4ccccc43)c2C1(C)C.CC1(C)c2cc(-c3cccc(-c4nc(-c5ccccc5)nc(-c5ccccc5)n4)c3)ccc2-c2ccc3c(oc4ccccc43)c2C1(C)C. The van der Waals surface area contributed by atoms with Gasteiger partial charge in [0.15, 0.2) is 34.9 Å². The molecule has 4 heterocycles. The van der Waals surface area contributed by atoms with Crippen LogP contribution in [0.5, 0.6) is 0 Å². The quantitative estimate of drug-likeness (QED) is 0.148. The summed E-state index contributed by atoms with van der Waals surface area (Å²) in [5, 5.41) is 4.70. The summed E-state index contributed by atoms with van der Waals surface area (Å²) in [6, 6.07) is 97.2. The van der Waals surface area contributed by atoms with Crippen LogP contribution in [0, 0.1) is 0 Å². The van der Waals surface area contributed by atoms with E-state index in [1.165, 1.54) is 77.2 Å². The van der Waals surface area contributed by atoms with Crippen molar-refractivity contribution >= 4 is 43.9 Å². The number of nitrogens with zero attached hydrogens (tertiary/aromatic N) is 6. The Balaban J connectivity index is 0.000000147. The lowest BCUT2D eigenvalue weighted by molar-refractivity contribution is 0.299. The lowest BCUT2D eigenvalue weighted by atomic mass is 9.55. The van der Waals surface area contributed by atoms with Crippen molar-refractivity contribution in [3.63, 3.8) is 0 Å². The lowest BCUT2D eigenvalue weighted by Gasteiger charge is -2.48. The highest BCUT2D eigenvalue weighted by atomic mass is 16.3. The number of hydrogen-bond acceptors (Lipinski definition) is 8. The van der Waals surface area contributed by atoms with Crippen LogP contribution in [0.15, 0.2) is 288 Å². The van der Waals surface area contributed by atoms with Crippen LogP contribution < -0.4 is 0 Å². The van der Waals surface area contributed by atoms with Crippen molar-refractivity contribution in [2.75, 3.05) is 0 Å². The first-order valence-corrected chi connectivity index (χ1v) is 33.7. The third-order valence-corrected chi connectivity index (χ3v) is 21.8. The molecule has 0 N–H and O–H groups in total. The van der Waals surface area contributed by atoms with Crippen LogP contribution in [-0.4, -0.2) is 29.9 Å². The molecule has 0 bridgehead atoms. The molecule has 0 spiro atoms. The number of benzene rings is 12. The summed E-state index contributed by atoms with van der Waals surface area (Å²) in [5.74, 6) is 3.94. The molecule has 8 heteroatoms. The molecule has 2 aliphatic carbocycles. The molecular weight excluding hydrogens is 1200 g/mol. The van der Waals surface area contributed by atoms with Gasteiger partial charge >= 0.3 is 0 Å². The summed E-state index contributed by atoms with van der Waals surface area (Å²) in [7, 11) is 0. The van der Waals surface area contributed by atoms with E-state index in [2.05, 4.69) is 201 Å². The van der Waals surface area contributed by atoms with Crippen molar-refractivity contribution in [1.82, 2.24) is 29.9 Å². The highest BCUT2D eigenvalue weighted by molar-refractivity contribution is 6.10. The summed E-state index contributed by atoms with van der Waals surface area (Å²) in [4.78, 5) is 29.5. The van der Waals surface area contributed by atoms with Crippen LogP contribution in [0.25, 0.3) is 157 Å². The van der Waals surface area contributed by atoms with E-state index >= 15 is 0 Å². The minimum Gasteiger partial charge on any atom is -0.456 e. The monoisotopic (exact) mass is 1270 g/mol. The lowest BCUT2D eigenvalue weighted by Crippen LogP contribution is -2.43. The molecule has 472 valence electrons. The van der Waals surface area contributed by atoms with Crippen molar-refractivity contribution < 1.29 is 8.83 Å². The van der Waals surface area contributed by atoms with Gasteiger partial charge in [-0.1, -0.05) is 292 Å². The predicted octanol–water partition coefficient (Wildman–Crippen LogP) is 23.3. The number of aromatic nitrogens is 6. The molecule has 0 radical (unpaired) electrons. The molecule has 8 nitrogen and oxygen atoms in total. The smallest absolute Gasteiger partial charge is 0.164 e. The van der Waals surface area contributed by atoms with E-state index in [9.17, 15) is 0 Å². The van der Waals surface area contributed by atoms with E-state index < -0.39 is 0 Å². The first kappa shape index (κ1) is 60.0. The summed E-state index contributed by atoms with van der Waals surface area (Å²) >= 11 is 0. The highest BCUT2D eigenvalue weighted by Gasteiger charge is 2.49. The fourth-order valence-corrected chi connectivity index (χ4v) is 15.0. The Labute approximate surface area is 570 Å². The van der Waals surface area contributed by atoms with Crippen molar-refractivity contribution in [2.45, 2.75) is 77.0 Å². The number of hydrogen-bond donors (Lipinski definition) is 0. The number of para-hydroxylation sites is 2. The second-order valence-electron chi connectivity index (χ2n) is 28.2. The van der Waals surface area contributed by atoms with Crippen LogP contribution in [0.2, 0.25) is 0 Å². The molecule has 0 unspecified atom stereocenters. The third kappa shape index (κ3) is 9.79. The van der Waals surface area contributed by atoms with Crippen molar-refractivity contribution in [3.05, 3.63) is 301 Å². The van der Waals surface area contributed by atoms with E-state index in [4.69, 9.17) is 38.7 Å². The molecule has 4 aromatic heterocycles. The topological polar surface area (TPSA) is 104 Å². The van der Waals surface area contributed by atoms with E-state index in [1.54, 1.807) is 0 Å². The second-order valence-corrected chi connectivity index (χ2v) is 28.2. The van der Waals surface area contributed by atoms with Gasteiger partial charge < -0.3 is 8.83 Å². The fraction of sp³-hybridized carbons (Fsp3) is 0.133. The Kier molecular flexibility index (Phi) is 14.1. The molecule has 0 fully saturated rings. The minimum atomic E-state index is -0.199. The first-order valence-electron chi connectivity index (χ1n) is 33.7. The largest absolute Gasteiger partial charge is 0.456 e. The van der Waals surface area contributed by atoms with Gasteiger partial charge in [-0.05, 0) is 109 Å². The molecular formula is C90H70N6O2. The van der Waals surface area contributed by atoms with Gasteiger partial charge in [0.1, 0.15) is 22.3 Å². The van der Waals surface area contributed by atoms with Crippen LogP contribution in [0.4, 0.5) is 0 Å². The van der Waals surface area contributed by atoms with E-state index in [1.807, 2.05) is 133 Å². The standard InChI is InChI=1S/2C45H35N3O/c1-44(2)37-27-31(22-23-33(37)35-24-25-36-34-20-11-12-21-38(34)49-40(36)39(35)45(44,3)4)30-18-13-19-32(26-30)43-47-41(28-14-7-5-8-15-28)46-42(48-43)29-16-9-6-10-17-29;1-44(2)37-27-32(23-24-33(37)35-25-26-36-34-17-11-12-18-38(34)49-40(36)39(35)45(44,3)4)28-19-21-31(22-20-28)43-47-41(29-13-7-5-8-14-29)46-42(48-43)30-15-9-6-10-16-30/h2*5-27H,1-4H3. The van der Waals surface area contributed by atoms with Gasteiger partial charge in [-0.25, -0.2) is 29.9 Å². The Hall–Kier alpha value is -11.7. The van der Waals surface area contributed by atoms with Crippen LogP contribution in [-0.2, 0) is 21.7 Å². The molecule has 18 rings (SSSR count). The van der Waals surface area contributed by atoms with Crippen LogP contribution >= 0.6 is 0 Å².